The summed E-state index contributed by atoms with van der Waals surface area (Å²) < 4.78 is 0. The summed E-state index contributed by atoms with van der Waals surface area (Å²) in [6, 6.07) is 0.597. The Hall–Kier alpha value is -0.610. The first-order valence-electron chi connectivity index (χ1n) is 6.39. The van der Waals surface area contributed by atoms with Crippen molar-refractivity contribution >= 4 is 5.91 Å². The van der Waals surface area contributed by atoms with E-state index in [0.29, 0.717) is 0 Å². The Morgan fingerprint density at radius 3 is 2.62 bits per heavy atom. The van der Waals surface area contributed by atoms with E-state index >= 15 is 0 Å². The van der Waals surface area contributed by atoms with Crippen molar-refractivity contribution < 1.29 is 4.79 Å². The number of hydrogen-bond acceptors (Lipinski definition) is 3. The summed E-state index contributed by atoms with van der Waals surface area (Å²) >= 11 is 0. The van der Waals surface area contributed by atoms with Gasteiger partial charge >= 0.3 is 0 Å². The molecule has 0 aromatic rings. The third kappa shape index (κ3) is 4.49. The second kappa shape index (κ2) is 6.86. The van der Waals surface area contributed by atoms with E-state index in [9.17, 15) is 4.79 Å². The van der Waals surface area contributed by atoms with Crippen molar-refractivity contribution in [2.75, 3.05) is 20.1 Å². The lowest BCUT2D eigenvalue weighted by Crippen LogP contribution is -2.42. The molecule has 1 aliphatic carbocycles. The van der Waals surface area contributed by atoms with Gasteiger partial charge in [0.05, 0.1) is 6.04 Å². The average molecular weight is 227 g/mol. The molecule has 0 aromatic heterocycles. The van der Waals surface area contributed by atoms with Gasteiger partial charge in [-0.3, -0.25) is 4.79 Å². The Morgan fingerprint density at radius 1 is 1.50 bits per heavy atom. The number of hydrogen-bond donors (Lipinski definition) is 2. The summed E-state index contributed by atoms with van der Waals surface area (Å²) in [6.45, 7) is 4.36. The maximum Gasteiger partial charge on any atom is 0.234 e. The SMILES string of the molecule is CCCCN(CCC(NC)C(N)=O)C1CC1. The molecule has 0 spiro atoms. The van der Waals surface area contributed by atoms with Gasteiger partial charge in [0, 0.05) is 12.6 Å². The molecule has 4 nitrogen and oxygen atoms in total. The summed E-state index contributed by atoms with van der Waals surface area (Å²) in [5, 5.41) is 2.97. The molecule has 1 amide bonds. The first-order chi connectivity index (χ1) is 7.69. The van der Waals surface area contributed by atoms with Crippen LogP contribution in [0.4, 0.5) is 0 Å². The summed E-state index contributed by atoms with van der Waals surface area (Å²) in [5.74, 6) is -0.242. The number of rotatable bonds is 9. The van der Waals surface area contributed by atoms with Crippen molar-refractivity contribution in [3.8, 4) is 0 Å². The first kappa shape index (κ1) is 13.5. The summed E-state index contributed by atoms with van der Waals surface area (Å²) in [4.78, 5) is 13.6. The van der Waals surface area contributed by atoms with Crippen LogP contribution in [0.2, 0.25) is 0 Å². The van der Waals surface area contributed by atoms with Crippen LogP contribution in [0.25, 0.3) is 0 Å². The zero-order valence-corrected chi connectivity index (χ0v) is 10.5. The molecule has 0 radical (unpaired) electrons. The van der Waals surface area contributed by atoms with Crippen LogP contribution in [-0.2, 0) is 4.79 Å². The second-order valence-corrected chi connectivity index (χ2v) is 4.65. The van der Waals surface area contributed by atoms with E-state index in [1.54, 1.807) is 7.05 Å². The molecule has 1 atom stereocenters. The third-order valence-corrected chi connectivity index (χ3v) is 3.26. The number of carbonyl (C=O) groups excluding carboxylic acids is 1. The molecule has 1 saturated carbocycles. The Morgan fingerprint density at radius 2 is 2.19 bits per heavy atom. The summed E-state index contributed by atoms with van der Waals surface area (Å²) in [7, 11) is 1.79. The highest BCUT2D eigenvalue weighted by Gasteiger charge is 2.28. The Kier molecular flexibility index (Phi) is 5.77. The Bertz CT molecular complexity index is 216. The minimum Gasteiger partial charge on any atom is -0.368 e. The van der Waals surface area contributed by atoms with E-state index < -0.39 is 0 Å². The molecule has 1 aliphatic rings. The molecule has 94 valence electrons. The lowest BCUT2D eigenvalue weighted by atomic mass is 10.2. The molecule has 1 unspecified atom stereocenters. The van der Waals surface area contributed by atoms with Gasteiger partial charge in [-0.15, -0.1) is 0 Å². The van der Waals surface area contributed by atoms with Gasteiger partial charge in [0.25, 0.3) is 0 Å². The maximum absolute atomic E-state index is 11.1. The van der Waals surface area contributed by atoms with Crippen LogP contribution in [0.3, 0.4) is 0 Å². The van der Waals surface area contributed by atoms with Gasteiger partial charge < -0.3 is 16.0 Å². The van der Waals surface area contributed by atoms with Crippen molar-refractivity contribution in [2.24, 2.45) is 5.73 Å². The number of nitrogens with zero attached hydrogens (tertiary/aromatic N) is 1. The largest absolute Gasteiger partial charge is 0.368 e. The number of nitrogens with one attached hydrogen (secondary N) is 1. The van der Waals surface area contributed by atoms with Crippen LogP contribution in [-0.4, -0.2) is 43.0 Å². The molecule has 0 bridgehead atoms. The highest BCUT2D eigenvalue weighted by molar-refractivity contribution is 5.79. The monoisotopic (exact) mass is 227 g/mol. The number of amides is 1. The third-order valence-electron chi connectivity index (χ3n) is 3.26. The molecule has 1 rings (SSSR count). The summed E-state index contributed by atoms with van der Waals surface area (Å²) in [5.41, 5.74) is 5.31. The fraction of sp³-hybridized carbons (Fsp3) is 0.917. The van der Waals surface area contributed by atoms with Crippen LogP contribution in [0.1, 0.15) is 39.0 Å². The van der Waals surface area contributed by atoms with Crippen molar-refractivity contribution in [1.29, 1.82) is 0 Å². The topological polar surface area (TPSA) is 58.4 Å². The number of primary amides is 1. The van der Waals surface area contributed by atoms with E-state index in [1.807, 2.05) is 0 Å². The van der Waals surface area contributed by atoms with E-state index in [4.69, 9.17) is 5.73 Å². The van der Waals surface area contributed by atoms with Crippen molar-refractivity contribution in [2.45, 2.75) is 51.1 Å². The fourth-order valence-electron chi connectivity index (χ4n) is 2.00. The highest BCUT2D eigenvalue weighted by Crippen LogP contribution is 2.27. The quantitative estimate of drug-likeness (QED) is 0.610. The first-order valence-corrected chi connectivity index (χ1v) is 6.39. The zero-order valence-electron chi connectivity index (χ0n) is 10.5. The molecule has 4 heteroatoms. The molecule has 0 saturated heterocycles. The molecular weight excluding hydrogens is 202 g/mol. The van der Waals surface area contributed by atoms with Gasteiger partial charge in [0.1, 0.15) is 0 Å². The van der Waals surface area contributed by atoms with Crippen LogP contribution in [0, 0.1) is 0 Å². The fourth-order valence-corrected chi connectivity index (χ4v) is 2.00. The minimum absolute atomic E-state index is 0.178. The normalized spacial score (nSPS) is 17.7. The minimum atomic E-state index is -0.242. The van der Waals surface area contributed by atoms with Gasteiger partial charge in [0.2, 0.25) is 5.91 Å². The molecule has 16 heavy (non-hydrogen) atoms. The van der Waals surface area contributed by atoms with Gasteiger partial charge in [-0.05, 0) is 39.3 Å². The average Bonchev–Trinajstić information content (AvgIpc) is 3.06. The van der Waals surface area contributed by atoms with Gasteiger partial charge in [0.15, 0.2) is 0 Å². The number of nitrogens with two attached hydrogens (primary N) is 1. The van der Waals surface area contributed by atoms with Gasteiger partial charge in [-0.25, -0.2) is 0 Å². The molecule has 0 heterocycles. The number of unbranched alkanes of at least 4 members (excludes halogenated alkanes) is 1. The van der Waals surface area contributed by atoms with E-state index in [1.165, 1.54) is 25.7 Å². The molecule has 0 aliphatic heterocycles. The van der Waals surface area contributed by atoms with Crippen molar-refractivity contribution in [3.63, 3.8) is 0 Å². The van der Waals surface area contributed by atoms with E-state index in [-0.39, 0.29) is 11.9 Å². The standard InChI is InChI=1S/C12H25N3O/c1-3-4-8-15(10-5-6-10)9-7-11(14-2)12(13)16/h10-11,14H,3-9H2,1-2H3,(H2,13,16). The predicted octanol–water partition coefficient (Wildman–Crippen LogP) is 0.714. The highest BCUT2D eigenvalue weighted by atomic mass is 16.1. The van der Waals surface area contributed by atoms with Crippen LogP contribution in [0.5, 0.6) is 0 Å². The lowest BCUT2D eigenvalue weighted by molar-refractivity contribution is -0.120. The number of likely N-dealkylation sites (N-methyl/N-ethyl adjacent to an activating group) is 1. The van der Waals surface area contributed by atoms with Gasteiger partial charge in [-0.2, -0.15) is 0 Å². The summed E-state index contributed by atoms with van der Waals surface area (Å²) in [6.07, 6.45) is 5.95. The Labute approximate surface area is 98.6 Å². The molecule has 0 aromatic carbocycles. The Balaban J connectivity index is 2.27. The zero-order chi connectivity index (χ0) is 12.0. The van der Waals surface area contributed by atoms with Crippen molar-refractivity contribution in [1.82, 2.24) is 10.2 Å². The van der Waals surface area contributed by atoms with E-state index in [2.05, 4.69) is 17.1 Å². The van der Waals surface area contributed by atoms with Crippen LogP contribution >= 0.6 is 0 Å². The van der Waals surface area contributed by atoms with Crippen molar-refractivity contribution in [3.05, 3.63) is 0 Å². The lowest BCUT2D eigenvalue weighted by Gasteiger charge is -2.23. The van der Waals surface area contributed by atoms with Crippen LogP contribution in [0.15, 0.2) is 0 Å². The molecule has 3 N–H and O–H groups in total. The maximum atomic E-state index is 11.1. The molecular formula is C12H25N3O. The predicted molar refractivity (Wildman–Crippen MR) is 66.2 cm³/mol. The second-order valence-electron chi connectivity index (χ2n) is 4.65. The van der Waals surface area contributed by atoms with Crippen LogP contribution < -0.4 is 11.1 Å². The molecule has 1 fully saturated rings. The number of carbonyl (C=O) groups is 1. The van der Waals surface area contributed by atoms with Gasteiger partial charge in [-0.1, -0.05) is 13.3 Å². The van der Waals surface area contributed by atoms with E-state index in [0.717, 1.165) is 25.6 Å². The smallest absolute Gasteiger partial charge is 0.234 e.